The molecule has 1 aromatic rings. The molecular formula is C13H16N2O2. The molecule has 3 rings (SSSR count). The third kappa shape index (κ3) is 2.00. The summed E-state index contributed by atoms with van der Waals surface area (Å²) < 4.78 is 0. The van der Waals surface area contributed by atoms with Crippen LogP contribution in [-0.2, 0) is 6.42 Å². The number of nitrogens with zero attached hydrogens (tertiary/aromatic N) is 1. The summed E-state index contributed by atoms with van der Waals surface area (Å²) in [6, 6.07) is 7.76. The summed E-state index contributed by atoms with van der Waals surface area (Å²) in [6.45, 7) is 1.98. The second kappa shape index (κ2) is 4.37. The average Bonchev–Trinajstić information content (AvgIpc) is 2.39. The first-order chi connectivity index (χ1) is 8.34. The summed E-state index contributed by atoms with van der Waals surface area (Å²) in [5, 5.41) is 15.2. The predicted octanol–water partition coefficient (Wildman–Crippen LogP) is 1.49. The summed E-state index contributed by atoms with van der Waals surface area (Å²) in [5.41, 5.74) is 2.00. The van der Waals surface area contributed by atoms with Crippen LogP contribution in [0.3, 0.4) is 0 Å². The number of rotatable bonds is 1. The number of hydrogen-bond acceptors (Lipinski definition) is 3. The van der Waals surface area contributed by atoms with Gasteiger partial charge in [-0.15, -0.1) is 0 Å². The number of fused-ring (bicyclic) bond motifs is 1. The fraction of sp³-hybridized carbons (Fsp3) is 0.462. The minimum atomic E-state index is 0.363. The molecule has 17 heavy (non-hydrogen) atoms. The fourth-order valence-electron chi connectivity index (χ4n) is 2.60. The monoisotopic (exact) mass is 232 g/mol. The van der Waals surface area contributed by atoms with Crippen molar-refractivity contribution in [1.29, 1.82) is 0 Å². The quantitative estimate of drug-likeness (QED) is 0.746. The van der Waals surface area contributed by atoms with Gasteiger partial charge in [0, 0.05) is 10.8 Å². The minimum Gasteiger partial charge on any atom is -0.367 e. The highest BCUT2D eigenvalue weighted by Crippen LogP contribution is 2.26. The van der Waals surface area contributed by atoms with Crippen LogP contribution < -0.4 is 10.2 Å². The topological polar surface area (TPSA) is 47.3 Å². The van der Waals surface area contributed by atoms with Crippen molar-refractivity contribution in [1.82, 2.24) is 5.32 Å². The Morgan fingerprint density at radius 2 is 2.00 bits per heavy atom. The Bertz CT molecular complexity index is 450. The molecule has 0 atom stereocenters. The average molecular weight is 232 g/mol. The Morgan fingerprint density at radius 3 is 2.82 bits per heavy atom. The van der Waals surface area contributed by atoms with Crippen LogP contribution in [0, 0.1) is 11.1 Å². The molecule has 4 heteroatoms. The zero-order valence-corrected chi connectivity index (χ0v) is 9.69. The first-order valence-corrected chi connectivity index (χ1v) is 6.14. The van der Waals surface area contributed by atoms with Crippen LogP contribution in [0.2, 0.25) is 0 Å². The van der Waals surface area contributed by atoms with Gasteiger partial charge in [-0.05, 0) is 37.6 Å². The molecule has 0 aromatic heterocycles. The maximum Gasteiger partial charge on any atom is 0.229 e. The van der Waals surface area contributed by atoms with Crippen LogP contribution in [0.25, 0.3) is 0 Å². The van der Waals surface area contributed by atoms with E-state index in [0.29, 0.717) is 11.7 Å². The van der Waals surface area contributed by atoms with Gasteiger partial charge in [0.05, 0.1) is 12.2 Å². The second-order valence-electron chi connectivity index (χ2n) is 4.65. The molecule has 0 unspecified atom stereocenters. The molecular weight excluding hydrogens is 216 g/mol. The van der Waals surface area contributed by atoms with Gasteiger partial charge in [0.2, 0.25) is 5.71 Å². The molecule has 1 aromatic carbocycles. The molecule has 2 heterocycles. The van der Waals surface area contributed by atoms with E-state index in [4.69, 9.17) is 4.84 Å². The maximum absolute atomic E-state index is 11.9. The molecule has 4 nitrogen and oxygen atoms in total. The van der Waals surface area contributed by atoms with Crippen molar-refractivity contribution in [2.75, 3.05) is 13.1 Å². The molecule has 90 valence electrons. The van der Waals surface area contributed by atoms with Gasteiger partial charge < -0.3 is 10.2 Å². The molecule has 0 bridgehead atoms. The van der Waals surface area contributed by atoms with E-state index < -0.39 is 0 Å². The summed E-state index contributed by atoms with van der Waals surface area (Å²) in [5.74, 6) is 1.06. The second-order valence-corrected chi connectivity index (χ2v) is 4.65. The van der Waals surface area contributed by atoms with Crippen LogP contribution in [0.4, 0.5) is 0 Å². The molecule has 1 saturated heterocycles. The highest BCUT2D eigenvalue weighted by molar-refractivity contribution is 5.85. The van der Waals surface area contributed by atoms with Gasteiger partial charge in [0.1, 0.15) is 0 Å². The minimum absolute atomic E-state index is 0.363. The lowest BCUT2D eigenvalue weighted by Crippen LogP contribution is -2.38. The zero-order valence-electron chi connectivity index (χ0n) is 9.69. The summed E-state index contributed by atoms with van der Waals surface area (Å²) >= 11 is 0. The number of piperidine rings is 1. The van der Waals surface area contributed by atoms with Gasteiger partial charge in [0.25, 0.3) is 0 Å². The van der Waals surface area contributed by atoms with Gasteiger partial charge in [-0.3, -0.25) is 5.21 Å². The Kier molecular flexibility index (Phi) is 2.73. The first-order valence-electron chi connectivity index (χ1n) is 6.14. The van der Waals surface area contributed by atoms with Crippen molar-refractivity contribution in [3.8, 4) is 5.75 Å². The SMILES string of the molecule is [O-][N+]1=C(C2CCNCC2)Cc2ccccc2O1. The Balaban J connectivity index is 1.86. The fourth-order valence-corrected chi connectivity index (χ4v) is 2.60. The van der Waals surface area contributed by atoms with E-state index in [1.807, 2.05) is 24.3 Å². The summed E-state index contributed by atoms with van der Waals surface area (Å²) in [7, 11) is 0. The summed E-state index contributed by atoms with van der Waals surface area (Å²) in [4.78, 5) is 6.05. The molecule has 0 spiro atoms. The highest BCUT2D eigenvalue weighted by atomic mass is 16.9. The molecule has 0 amide bonds. The van der Waals surface area contributed by atoms with Crippen molar-refractivity contribution < 1.29 is 9.74 Å². The predicted molar refractivity (Wildman–Crippen MR) is 65.0 cm³/mol. The van der Waals surface area contributed by atoms with Crippen molar-refractivity contribution in [3.05, 3.63) is 35.0 Å². The Hall–Kier alpha value is -1.55. The Labute approximate surface area is 100 Å². The van der Waals surface area contributed by atoms with Gasteiger partial charge in [-0.25, -0.2) is 0 Å². The normalized spacial score (nSPS) is 20.9. The lowest BCUT2D eigenvalue weighted by atomic mass is 9.89. The molecule has 0 aliphatic carbocycles. The van der Waals surface area contributed by atoms with Gasteiger partial charge >= 0.3 is 0 Å². The van der Waals surface area contributed by atoms with Crippen LogP contribution >= 0.6 is 0 Å². The van der Waals surface area contributed by atoms with E-state index in [1.54, 1.807) is 0 Å². The van der Waals surface area contributed by atoms with Crippen LogP contribution in [-0.4, -0.2) is 23.7 Å². The zero-order chi connectivity index (χ0) is 11.7. The van der Waals surface area contributed by atoms with Crippen molar-refractivity contribution >= 4 is 5.71 Å². The number of nitrogens with one attached hydrogen (secondary N) is 1. The third-order valence-corrected chi connectivity index (χ3v) is 3.57. The number of benzene rings is 1. The van der Waals surface area contributed by atoms with Gasteiger partial charge in [-0.1, -0.05) is 18.2 Å². The van der Waals surface area contributed by atoms with Crippen molar-refractivity contribution in [2.24, 2.45) is 5.92 Å². The van der Waals surface area contributed by atoms with Gasteiger partial charge in [-0.2, -0.15) is 0 Å². The van der Waals surface area contributed by atoms with E-state index in [-0.39, 0.29) is 0 Å². The standard InChI is InChI=1S/C13H16N2O2/c16-15-12(10-5-7-14-8-6-10)9-11-3-1-2-4-13(11)17-15/h1-4,10,14H,5-9H2. The number of para-hydroxylation sites is 1. The van der Waals surface area contributed by atoms with Crippen LogP contribution in [0.15, 0.2) is 24.3 Å². The van der Waals surface area contributed by atoms with E-state index in [1.165, 1.54) is 0 Å². The third-order valence-electron chi connectivity index (χ3n) is 3.57. The molecule has 1 fully saturated rings. The molecule has 0 radical (unpaired) electrons. The van der Waals surface area contributed by atoms with Crippen LogP contribution in [0.5, 0.6) is 5.75 Å². The van der Waals surface area contributed by atoms with E-state index in [2.05, 4.69) is 5.32 Å². The van der Waals surface area contributed by atoms with E-state index in [9.17, 15) is 5.21 Å². The smallest absolute Gasteiger partial charge is 0.229 e. The highest BCUT2D eigenvalue weighted by Gasteiger charge is 2.30. The van der Waals surface area contributed by atoms with Gasteiger partial charge in [0.15, 0.2) is 0 Å². The van der Waals surface area contributed by atoms with E-state index in [0.717, 1.165) is 48.5 Å². The number of hydrogen-bond donors (Lipinski definition) is 1. The van der Waals surface area contributed by atoms with Crippen molar-refractivity contribution in [3.63, 3.8) is 0 Å². The van der Waals surface area contributed by atoms with Crippen LogP contribution in [0.1, 0.15) is 18.4 Å². The van der Waals surface area contributed by atoms with E-state index >= 15 is 0 Å². The lowest BCUT2D eigenvalue weighted by molar-refractivity contribution is -0.698. The first kappa shape index (κ1) is 10.6. The summed E-state index contributed by atoms with van der Waals surface area (Å²) in [6.07, 6.45) is 2.78. The van der Waals surface area contributed by atoms with Crippen molar-refractivity contribution in [2.45, 2.75) is 19.3 Å². The lowest BCUT2D eigenvalue weighted by Gasteiger charge is -2.26. The Morgan fingerprint density at radius 1 is 1.24 bits per heavy atom. The maximum atomic E-state index is 11.9. The molecule has 2 aliphatic heterocycles. The largest absolute Gasteiger partial charge is 0.367 e. The molecule has 1 N–H and O–H groups in total. The molecule has 2 aliphatic rings. The molecule has 0 saturated carbocycles.